The summed E-state index contributed by atoms with van der Waals surface area (Å²) < 4.78 is 7.86. The molecule has 0 saturated carbocycles. The average molecular weight is 386 g/mol. The number of nitrogens with two attached hydrogens (primary N) is 1. The minimum Gasteiger partial charge on any atom is -0.482 e. The molecule has 100 valence electrons. The lowest BCUT2D eigenvalue weighted by Crippen LogP contribution is -2.29. The van der Waals surface area contributed by atoms with Crippen molar-refractivity contribution in [2.45, 2.75) is 19.1 Å². The molecular weight excluding hydrogens is 372 g/mol. The lowest BCUT2D eigenvalue weighted by atomic mass is 10.0. The third-order valence-electron chi connectivity index (χ3n) is 2.62. The van der Waals surface area contributed by atoms with Crippen LogP contribution in [0.1, 0.15) is 18.6 Å². The Morgan fingerprint density at radius 2 is 1.79 bits per heavy atom. The van der Waals surface area contributed by atoms with Crippen molar-refractivity contribution in [1.29, 1.82) is 0 Å². The second-order valence-corrected chi connectivity index (χ2v) is 6.12. The molecule has 0 aliphatic rings. The van der Waals surface area contributed by atoms with Crippen LogP contribution in [0.5, 0.6) is 5.75 Å². The van der Waals surface area contributed by atoms with Gasteiger partial charge in [-0.25, -0.2) is 0 Å². The van der Waals surface area contributed by atoms with E-state index in [1.807, 2.05) is 37.3 Å². The maximum atomic E-state index is 6.02. The Morgan fingerprint density at radius 1 is 1.11 bits per heavy atom. The van der Waals surface area contributed by atoms with E-state index in [-0.39, 0.29) is 12.1 Å². The number of hydrogen-bond acceptors (Lipinski definition) is 3. The Labute approximate surface area is 129 Å². The standard InChI is InChI=1S/C14H14Br2N2O/c1-9(17)14(10-2-4-11(15)5-3-10)19-13-6-12(16)7-18-8-13/h2-9,14H,17H2,1H3. The summed E-state index contributed by atoms with van der Waals surface area (Å²) in [5.74, 6) is 0.694. The third kappa shape index (κ3) is 4.03. The van der Waals surface area contributed by atoms with Crippen molar-refractivity contribution in [2.24, 2.45) is 5.73 Å². The SMILES string of the molecule is CC(N)C(Oc1cncc(Br)c1)c1ccc(Br)cc1. The minimum atomic E-state index is -0.204. The lowest BCUT2D eigenvalue weighted by molar-refractivity contribution is 0.179. The highest BCUT2D eigenvalue weighted by molar-refractivity contribution is 9.10. The Kier molecular flexibility index (Phi) is 4.96. The van der Waals surface area contributed by atoms with Crippen LogP contribution in [-0.2, 0) is 0 Å². The Balaban J connectivity index is 2.23. The molecule has 1 heterocycles. The van der Waals surface area contributed by atoms with Crippen LogP contribution in [-0.4, -0.2) is 11.0 Å². The van der Waals surface area contributed by atoms with Crippen molar-refractivity contribution in [3.63, 3.8) is 0 Å². The fourth-order valence-electron chi connectivity index (χ4n) is 1.73. The van der Waals surface area contributed by atoms with Crippen molar-refractivity contribution in [3.05, 3.63) is 57.2 Å². The molecule has 0 radical (unpaired) electrons. The number of nitrogens with zero attached hydrogens (tertiary/aromatic N) is 1. The van der Waals surface area contributed by atoms with E-state index in [0.29, 0.717) is 5.75 Å². The Morgan fingerprint density at radius 3 is 2.37 bits per heavy atom. The highest BCUT2D eigenvalue weighted by Crippen LogP contribution is 2.26. The highest BCUT2D eigenvalue weighted by Gasteiger charge is 2.18. The fourth-order valence-corrected chi connectivity index (χ4v) is 2.34. The quantitative estimate of drug-likeness (QED) is 0.862. The molecule has 0 spiro atoms. The second-order valence-electron chi connectivity index (χ2n) is 4.29. The summed E-state index contributed by atoms with van der Waals surface area (Å²) in [4.78, 5) is 4.08. The van der Waals surface area contributed by atoms with Gasteiger partial charge in [-0.3, -0.25) is 4.98 Å². The number of benzene rings is 1. The predicted molar refractivity (Wildman–Crippen MR) is 83.1 cm³/mol. The van der Waals surface area contributed by atoms with Crippen molar-refractivity contribution in [2.75, 3.05) is 0 Å². The van der Waals surface area contributed by atoms with E-state index in [4.69, 9.17) is 10.5 Å². The molecule has 1 aromatic heterocycles. The largest absolute Gasteiger partial charge is 0.482 e. The van der Waals surface area contributed by atoms with Gasteiger partial charge in [-0.1, -0.05) is 28.1 Å². The minimum absolute atomic E-state index is 0.125. The average Bonchev–Trinajstić information content (AvgIpc) is 2.37. The Bertz CT molecular complexity index is 543. The number of rotatable bonds is 4. The van der Waals surface area contributed by atoms with Crippen LogP contribution >= 0.6 is 31.9 Å². The number of pyridine rings is 1. The van der Waals surface area contributed by atoms with Crippen molar-refractivity contribution in [3.8, 4) is 5.75 Å². The van der Waals surface area contributed by atoms with Gasteiger partial charge in [-0.15, -0.1) is 0 Å². The van der Waals surface area contributed by atoms with Gasteiger partial charge in [0, 0.05) is 21.2 Å². The van der Waals surface area contributed by atoms with Crippen molar-refractivity contribution in [1.82, 2.24) is 4.98 Å². The molecule has 0 amide bonds. The first-order valence-corrected chi connectivity index (χ1v) is 7.43. The zero-order valence-corrected chi connectivity index (χ0v) is 13.6. The summed E-state index contributed by atoms with van der Waals surface area (Å²) >= 11 is 6.79. The van der Waals surface area contributed by atoms with Gasteiger partial charge in [0.2, 0.25) is 0 Å². The van der Waals surface area contributed by atoms with Crippen LogP contribution in [0.25, 0.3) is 0 Å². The lowest BCUT2D eigenvalue weighted by Gasteiger charge is -2.23. The summed E-state index contributed by atoms with van der Waals surface area (Å²) in [6, 6.07) is 9.72. The molecule has 0 aliphatic heterocycles. The normalized spacial score (nSPS) is 13.9. The summed E-state index contributed by atoms with van der Waals surface area (Å²) in [6.45, 7) is 1.93. The predicted octanol–water partition coefficient (Wildman–Crippen LogP) is 4.07. The van der Waals surface area contributed by atoms with Crippen molar-refractivity contribution >= 4 is 31.9 Å². The number of aromatic nitrogens is 1. The molecule has 2 rings (SSSR count). The molecule has 2 aromatic rings. The smallest absolute Gasteiger partial charge is 0.139 e. The van der Waals surface area contributed by atoms with Gasteiger partial charge >= 0.3 is 0 Å². The maximum absolute atomic E-state index is 6.02. The van der Waals surface area contributed by atoms with Crippen LogP contribution in [0, 0.1) is 0 Å². The first-order valence-electron chi connectivity index (χ1n) is 5.84. The monoisotopic (exact) mass is 384 g/mol. The number of ether oxygens (including phenoxy) is 1. The summed E-state index contributed by atoms with van der Waals surface area (Å²) in [7, 11) is 0. The molecule has 2 N–H and O–H groups in total. The van der Waals surface area contributed by atoms with Crippen LogP contribution in [0.2, 0.25) is 0 Å². The van der Waals surface area contributed by atoms with Gasteiger partial charge in [0.1, 0.15) is 11.9 Å². The molecule has 2 atom stereocenters. The summed E-state index contributed by atoms with van der Waals surface area (Å²) in [5.41, 5.74) is 7.06. The number of halogens is 2. The van der Waals surface area contributed by atoms with Crippen LogP contribution in [0.3, 0.4) is 0 Å². The third-order valence-corrected chi connectivity index (χ3v) is 3.58. The first kappa shape index (κ1) is 14.5. The van der Waals surface area contributed by atoms with E-state index in [0.717, 1.165) is 14.5 Å². The van der Waals surface area contributed by atoms with E-state index in [9.17, 15) is 0 Å². The molecular formula is C14H14Br2N2O. The fraction of sp³-hybridized carbons (Fsp3) is 0.214. The van der Waals surface area contributed by atoms with Crippen LogP contribution in [0.15, 0.2) is 51.7 Å². The van der Waals surface area contributed by atoms with Crippen molar-refractivity contribution < 1.29 is 4.74 Å². The zero-order valence-electron chi connectivity index (χ0n) is 10.4. The van der Waals surface area contributed by atoms with Gasteiger partial charge in [0.05, 0.1) is 6.20 Å². The highest BCUT2D eigenvalue weighted by atomic mass is 79.9. The molecule has 2 unspecified atom stereocenters. The van der Waals surface area contributed by atoms with E-state index < -0.39 is 0 Å². The van der Waals surface area contributed by atoms with Gasteiger partial charge in [-0.2, -0.15) is 0 Å². The molecule has 5 heteroatoms. The zero-order chi connectivity index (χ0) is 13.8. The second kappa shape index (κ2) is 6.50. The molecule has 19 heavy (non-hydrogen) atoms. The van der Waals surface area contributed by atoms with Gasteiger partial charge in [-0.05, 0) is 46.6 Å². The molecule has 0 saturated heterocycles. The van der Waals surface area contributed by atoms with E-state index >= 15 is 0 Å². The molecule has 3 nitrogen and oxygen atoms in total. The molecule has 1 aromatic carbocycles. The topological polar surface area (TPSA) is 48.1 Å². The molecule has 0 bridgehead atoms. The van der Waals surface area contributed by atoms with Crippen LogP contribution < -0.4 is 10.5 Å². The molecule has 0 aliphatic carbocycles. The van der Waals surface area contributed by atoms with E-state index in [1.54, 1.807) is 12.4 Å². The maximum Gasteiger partial charge on any atom is 0.139 e. The first-order chi connectivity index (χ1) is 9.06. The molecule has 0 fully saturated rings. The van der Waals surface area contributed by atoms with Crippen LogP contribution in [0.4, 0.5) is 0 Å². The number of hydrogen-bond donors (Lipinski definition) is 1. The van der Waals surface area contributed by atoms with Gasteiger partial charge in [0.25, 0.3) is 0 Å². The summed E-state index contributed by atoms with van der Waals surface area (Å²) in [6.07, 6.45) is 3.19. The summed E-state index contributed by atoms with van der Waals surface area (Å²) in [5, 5.41) is 0. The van der Waals surface area contributed by atoms with E-state index in [2.05, 4.69) is 36.8 Å². The van der Waals surface area contributed by atoms with Gasteiger partial charge in [0.15, 0.2) is 0 Å². The van der Waals surface area contributed by atoms with Gasteiger partial charge < -0.3 is 10.5 Å². The Hall–Kier alpha value is -0.910. The van der Waals surface area contributed by atoms with E-state index in [1.165, 1.54) is 0 Å².